The summed E-state index contributed by atoms with van der Waals surface area (Å²) in [5, 5.41) is 2.80. The Balaban J connectivity index is 3.49. The van der Waals surface area contributed by atoms with Crippen LogP contribution in [0.5, 0.6) is 0 Å². The molecule has 0 unspecified atom stereocenters. The van der Waals surface area contributed by atoms with E-state index in [0.717, 1.165) is 15.6 Å². The molecule has 0 radical (unpaired) electrons. The van der Waals surface area contributed by atoms with Gasteiger partial charge in [0.15, 0.2) is 5.69 Å². The van der Waals surface area contributed by atoms with E-state index in [0.29, 0.717) is 10.7 Å². The molecule has 1 rings (SSSR count). The van der Waals surface area contributed by atoms with E-state index in [1.807, 2.05) is 13.8 Å². The number of aryl methyl sites for hydroxylation is 1. The third kappa shape index (κ3) is 1.52. The van der Waals surface area contributed by atoms with E-state index in [2.05, 4.69) is 21.0 Å². The van der Waals surface area contributed by atoms with Gasteiger partial charge in [-0.05, 0) is 35.3 Å². The zero-order chi connectivity index (χ0) is 9.30. The second-order valence-corrected chi connectivity index (χ2v) is 3.78. The first-order chi connectivity index (χ1) is 5.57. The third-order valence-electron chi connectivity index (χ3n) is 1.75. The summed E-state index contributed by atoms with van der Waals surface area (Å²) in [5.41, 5.74) is 11.2. The van der Waals surface area contributed by atoms with E-state index in [1.165, 1.54) is 0 Å². The van der Waals surface area contributed by atoms with Crippen molar-refractivity contribution in [3.05, 3.63) is 32.2 Å². The highest BCUT2D eigenvalue weighted by Crippen LogP contribution is 2.32. The van der Waals surface area contributed by atoms with Crippen molar-refractivity contribution in [3.8, 4) is 0 Å². The van der Waals surface area contributed by atoms with Gasteiger partial charge in [-0.25, -0.2) is 0 Å². The number of hydrogen-bond donors (Lipinski definition) is 1. The van der Waals surface area contributed by atoms with Gasteiger partial charge in [-0.1, -0.05) is 11.6 Å². The minimum absolute atomic E-state index is 0.670. The maximum absolute atomic E-state index is 8.74. The van der Waals surface area contributed by atoms with Crippen LogP contribution in [0.1, 0.15) is 11.1 Å². The number of halogens is 2. The van der Waals surface area contributed by atoms with Crippen molar-refractivity contribution < 1.29 is 5.11 Å². The molecule has 0 bridgehead atoms. The van der Waals surface area contributed by atoms with Crippen LogP contribution in [0.15, 0.2) is 10.5 Å². The summed E-state index contributed by atoms with van der Waals surface area (Å²) in [4.78, 5) is 0. The van der Waals surface area contributed by atoms with Gasteiger partial charge in [-0.15, -0.1) is 0 Å². The Morgan fingerprint density at radius 3 is 2.58 bits per heavy atom. The van der Waals surface area contributed by atoms with E-state index < -0.39 is 0 Å². The largest absolute Gasteiger partial charge is 0.502 e. The molecule has 1 aromatic rings. The Morgan fingerprint density at radius 1 is 1.50 bits per heavy atom. The van der Waals surface area contributed by atoms with E-state index in [9.17, 15) is 0 Å². The molecule has 0 aliphatic rings. The molecule has 0 saturated heterocycles. The van der Waals surface area contributed by atoms with Crippen LogP contribution in [0.3, 0.4) is 0 Å². The fourth-order valence-electron chi connectivity index (χ4n) is 0.960. The second kappa shape index (κ2) is 3.54. The maximum Gasteiger partial charge on any atom is 0.197 e. The molecule has 0 amide bonds. The fraction of sp³-hybridized carbons (Fsp3) is 0.250. The molecule has 1 N–H and O–H groups in total. The zero-order valence-electron chi connectivity index (χ0n) is 6.78. The third-order valence-corrected chi connectivity index (χ3v) is 3.46. The molecule has 1 aromatic carbocycles. The van der Waals surface area contributed by atoms with Crippen LogP contribution in [0.2, 0.25) is 5.02 Å². The number of nitrogens with one attached hydrogen (secondary N) is 1. The van der Waals surface area contributed by atoms with Gasteiger partial charge in [0, 0.05) is 16.1 Å². The first-order valence-corrected chi connectivity index (χ1v) is 4.60. The standard InChI is InChI=1S/C8H8BrClN2/c1-4-3-6(12-11)5(2)7(9)8(4)10/h3,12H,1-2H3. The van der Waals surface area contributed by atoms with Crippen LogP contribution in [-0.4, -0.2) is 0 Å². The van der Waals surface area contributed by atoms with Gasteiger partial charge < -0.3 is 5.53 Å². The lowest BCUT2D eigenvalue weighted by molar-refractivity contribution is -0.380. The summed E-state index contributed by atoms with van der Waals surface area (Å²) in [5.74, 6) is 0. The van der Waals surface area contributed by atoms with E-state index in [1.54, 1.807) is 6.07 Å². The first kappa shape index (κ1) is 9.68. The summed E-state index contributed by atoms with van der Waals surface area (Å²) < 4.78 is 0.820. The van der Waals surface area contributed by atoms with Gasteiger partial charge in [0.25, 0.3) is 0 Å². The summed E-state index contributed by atoms with van der Waals surface area (Å²) in [6.45, 7) is 3.75. The Kier molecular flexibility index (Phi) is 2.85. The van der Waals surface area contributed by atoms with Crippen molar-refractivity contribution in [2.75, 3.05) is 0 Å². The predicted molar refractivity (Wildman–Crippen MR) is 52.6 cm³/mol. The van der Waals surface area contributed by atoms with E-state index in [-0.39, 0.29) is 0 Å². The number of rotatable bonds is 1. The SMILES string of the molecule is Cc1cc([NH+]=[N-])c(C)c(Br)c1Cl. The average Bonchev–Trinajstić information content (AvgIpc) is 2.08. The lowest BCUT2D eigenvalue weighted by Gasteiger charge is -2.05. The van der Waals surface area contributed by atoms with Crippen molar-refractivity contribution in [2.45, 2.75) is 13.8 Å². The zero-order valence-corrected chi connectivity index (χ0v) is 9.12. The van der Waals surface area contributed by atoms with Crippen molar-refractivity contribution in [1.82, 2.24) is 0 Å². The molecule has 0 heterocycles. The highest BCUT2D eigenvalue weighted by atomic mass is 79.9. The van der Waals surface area contributed by atoms with Crippen LogP contribution in [0, 0.1) is 13.8 Å². The molecule has 4 heteroatoms. The van der Waals surface area contributed by atoms with Crippen LogP contribution in [0.25, 0.3) is 5.53 Å². The molecule has 0 atom stereocenters. The lowest BCUT2D eigenvalue weighted by atomic mass is 10.1. The smallest absolute Gasteiger partial charge is 0.197 e. The molecule has 12 heavy (non-hydrogen) atoms. The number of benzene rings is 1. The Labute approximate surface area is 84.6 Å². The Bertz CT molecular complexity index is 336. The normalized spacial score (nSPS) is 10.0. The quantitative estimate of drug-likeness (QED) is 0.740. The topological polar surface area (TPSA) is 36.3 Å². The second-order valence-electron chi connectivity index (χ2n) is 2.61. The van der Waals surface area contributed by atoms with Gasteiger partial charge in [0.05, 0.1) is 5.02 Å². The van der Waals surface area contributed by atoms with Gasteiger partial charge >= 0.3 is 0 Å². The van der Waals surface area contributed by atoms with E-state index >= 15 is 0 Å². The monoisotopic (exact) mass is 246 g/mol. The lowest BCUT2D eigenvalue weighted by Crippen LogP contribution is -2.55. The molecule has 0 aliphatic carbocycles. The van der Waals surface area contributed by atoms with Crippen molar-refractivity contribution in [1.29, 1.82) is 0 Å². The minimum Gasteiger partial charge on any atom is -0.502 e. The number of hydrogen-bond acceptors (Lipinski definition) is 0. The highest BCUT2D eigenvalue weighted by Gasteiger charge is 2.10. The van der Waals surface area contributed by atoms with Crippen molar-refractivity contribution >= 4 is 33.2 Å². The van der Waals surface area contributed by atoms with Crippen LogP contribution < -0.4 is 5.11 Å². The van der Waals surface area contributed by atoms with Gasteiger partial charge in [0.1, 0.15) is 0 Å². The summed E-state index contributed by atoms with van der Waals surface area (Å²) >= 11 is 9.29. The molecule has 0 saturated carbocycles. The van der Waals surface area contributed by atoms with Crippen molar-refractivity contribution in [3.63, 3.8) is 0 Å². The molecule has 2 nitrogen and oxygen atoms in total. The van der Waals surface area contributed by atoms with Crippen molar-refractivity contribution in [2.24, 2.45) is 0 Å². The predicted octanol–water partition coefficient (Wildman–Crippen LogP) is 2.45. The molecular weight excluding hydrogens is 239 g/mol. The summed E-state index contributed by atoms with van der Waals surface area (Å²) in [7, 11) is 0. The fourth-order valence-corrected chi connectivity index (χ4v) is 1.68. The summed E-state index contributed by atoms with van der Waals surface area (Å²) in [6, 6.07) is 1.79. The maximum atomic E-state index is 8.74. The highest BCUT2D eigenvalue weighted by molar-refractivity contribution is 9.10. The van der Waals surface area contributed by atoms with Gasteiger partial charge in [-0.2, -0.15) is 0 Å². The molecule has 0 spiro atoms. The van der Waals surface area contributed by atoms with E-state index in [4.69, 9.17) is 17.1 Å². The minimum atomic E-state index is 0.670. The molecule has 0 aliphatic heterocycles. The van der Waals surface area contributed by atoms with Gasteiger partial charge in [-0.3, -0.25) is 5.11 Å². The van der Waals surface area contributed by atoms with Gasteiger partial charge in [0.2, 0.25) is 0 Å². The number of nitrogens with zero attached hydrogens (tertiary/aromatic N) is 1. The van der Waals surface area contributed by atoms with Crippen LogP contribution in [0.4, 0.5) is 5.69 Å². The first-order valence-electron chi connectivity index (χ1n) is 3.43. The van der Waals surface area contributed by atoms with Crippen LogP contribution in [-0.2, 0) is 0 Å². The summed E-state index contributed by atoms with van der Waals surface area (Å²) in [6.07, 6.45) is 0. The molecule has 0 aromatic heterocycles. The Hall–Kier alpha value is -0.410. The average molecular weight is 248 g/mol. The van der Waals surface area contributed by atoms with Crippen LogP contribution >= 0.6 is 27.5 Å². The molecular formula is C8H8BrClN2. The molecule has 0 fully saturated rings. The Morgan fingerprint density at radius 2 is 2.08 bits per heavy atom. The molecule has 64 valence electrons.